The van der Waals surface area contributed by atoms with Gasteiger partial charge in [0.05, 0.1) is 0 Å². The third-order valence-electron chi connectivity index (χ3n) is 2.65. The molecule has 1 radical (unpaired) electrons. The first-order valence-electron chi connectivity index (χ1n) is 4.85. The van der Waals surface area contributed by atoms with E-state index in [9.17, 15) is 0 Å². The first kappa shape index (κ1) is 12.4. The number of piperidine rings is 1. The molecule has 0 aliphatic carbocycles. The van der Waals surface area contributed by atoms with Crippen LogP contribution in [0.1, 0.15) is 24.3 Å². The maximum atomic E-state index is 5.74. The van der Waals surface area contributed by atoms with Crippen molar-refractivity contribution in [3.05, 3.63) is 35.1 Å². The van der Waals surface area contributed by atoms with Gasteiger partial charge in [-0.3, -0.25) is 0 Å². The number of benzene rings is 1. The number of nitrogens with zero attached hydrogens (tertiary/aromatic N) is 1. The Kier molecular flexibility index (Phi) is 5.36. The number of hydrogen-bond donors (Lipinski definition) is 1. The van der Waals surface area contributed by atoms with Crippen LogP contribution in [0.4, 0.5) is 5.69 Å². The molecule has 1 saturated heterocycles. The monoisotopic (exact) mass is 316 g/mol. The average Bonchev–Trinajstić information content (AvgIpc) is 2.19. The van der Waals surface area contributed by atoms with Crippen molar-refractivity contribution in [3.8, 4) is 0 Å². The molecule has 0 aromatic heterocycles. The second-order valence-corrected chi connectivity index (χ2v) is 3.62. The van der Waals surface area contributed by atoms with Gasteiger partial charge in [0.25, 0.3) is 0 Å². The van der Waals surface area contributed by atoms with Crippen molar-refractivity contribution in [3.63, 3.8) is 0 Å². The van der Waals surface area contributed by atoms with E-state index in [0.29, 0.717) is 5.92 Å². The Morgan fingerprint density at radius 1 is 1.21 bits per heavy atom. The Hall–Kier alpha value is 0.344. The van der Waals surface area contributed by atoms with E-state index >= 15 is 0 Å². The third-order valence-corrected chi connectivity index (χ3v) is 2.65. The SMILES string of the molecule is Nc1cccc(C2CC[N-]CC2)c1.[Pr]. The van der Waals surface area contributed by atoms with Gasteiger partial charge in [-0.05, 0) is 23.6 Å². The van der Waals surface area contributed by atoms with E-state index < -0.39 is 0 Å². The molecule has 14 heavy (non-hydrogen) atoms. The van der Waals surface area contributed by atoms with E-state index in [1.54, 1.807) is 0 Å². The number of anilines is 1. The Bertz CT molecular complexity index is 282. The standard InChI is InChI=1S/C11H15N2.Pr/c12-11-3-1-2-10(8-11)9-4-6-13-7-5-9;/h1-3,8-9H,4-7,12H2;/q-1;. The number of hydrogen-bond acceptors (Lipinski definition) is 1. The first-order chi connectivity index (χ1) is 6.36. The summed E-state index contributed by atoms with van der Waals surface area (Å²) < 4.78 is 0. The van der Waals surface area contributed by atoms with Crippen molar-refractivity contribution in [2.75, 3.05) is 18.8 Å². The van der Waals surface area contributed by atoms with Crippen LogP contribution in [0.3, 0.4) is 0 Å². The number of rotatable bonds is 1. The van der Waals surface area contributed by atoms with E-state index in [1.165, 1.54) is 18.4 Å². The molecule has 0 atom stereocenters. The van der Waals surface area contributed by atoms with Crippen LogP contribution in [-0.4, -0.2) is 13.1 Å². The zero-order valence-corrected chi connectivity index (χ0v) is 12.0. The molecule has 2 N–H and O–H groups in total. The van der Waals surface area contributed by atoms with Crippen molar-refractivity contribution < 1.29 is 41.3 Å². The van der Waals surface area contributed by atoms with Crippen LogP contribution in [0.15, 0.2) is 24.3 Å². The van der Waals surface area contributed by atoms with E-state index in [4.69, 9.17) is 5.73 Å². The predicted molar refractivity (Wildman–Crippen MR) is 55.9 cm³/mol. The maximum absolute atomic E-state index is 5.74. The summed E-state index contributed by atoms with van der Waals surface area (Å²) in [6, 6.07) is 8.25. The van der Waals surface area contributed by atoms with E-state index in [2.05, 4.69) is 17.4 Å². The molecule has 0 amide bonds. The average molecular weight is 316 g/mol. The van der Waals surface area contributed by atoms with Crippen molar-refractivity contribution in [2.45, 2.75) is 18.8 Å². The van der Waals surface area contributed by atoms with Crippen LogP contribution in [-0.2, 0) is 0 Å². The van der Waals surface area contributed by atoms with Gasteiger partial charge in [0, 0.05) is 47.0 Å². The van der Waals surface area contributed by atoms with Gasteiger partial charge < -0.3 is 11.1 Å². The molecule has 0 bridgehead atoms. The minimum atomic E-state index is 0. The quantitative estimate of drug-likeness (QED) is 0.795. The van der Waals surface area contributed by atoms with Gasteiger partial charge in [-0.25, -0.2) is 0 Å². The fraction of sp³-hybridized carbons (Fsp3) is 0.455. The van der Waals surface area contributed by atoms with Gasteiger partial charge in [0.1, 0.15) is 0 Å². The smallest absolute Gasteiger partial charge is 0.0316 e. The molecule has 1 aliphatic rings. The van der Waals surface area contributed by atoms with E-state index in [1.807, 2.05) is 12.1 Å². The molecular weight excluding hydrogens is 301 g/mol. The molecule has 1 heterocycles. The second-order valence-electron chi connectivity index (χ2n) is 3.62. The summed E-state index contributed by atoms with van der Waals surface area (Å²) in [5.41, 5.74) is 8.00. The van der Waals surface area contributed by atoms with E-state index in [0.717, 1.165) is 18.8 Å². The van der Waals surface area contributed by atoms with Crippen molar-refractivity contribution in [1.82, 2.24) is 0 Å². The Labute approximate surface area is 119 Å². The second kappa shape index (κ2) is 6.04. The minimum Gasteiger partial charge on any atom is -0.662 e. The fourth-order valence-corrected chi connectivity index (χ4v) is 1.90. The number of nitrogens with two attached hydrogens (primary N) is 1. The predicted octanol–water partition coefficient (Wildman–Crippen LogP) is 2.52. The molecule has 2 rings (SSSR count). The molecule has 2 nitrogen and oxygen atoms in total. The summed E-state index contributed by atoms with van der Waals surface area (Å²) in [7, 11) is 0. The van der Waals surface area contributed by atoms with Crippen LogP contribution in [0.2, 0.25) is 0 Å². The first-order valence-corrected chi connectivity index (χ1v) is 4.85. The normalized spacial score (nSPS) is 17.4. The van der Waals surface area contributed by atoms with Gasteiger partial charge >= 0.3 is 0 Å². The van der Waals surface area contributed by atoms with Crippen molar-refractivity contribution in [2.24, 2.45) is 0 Å². The molecule has 0 spiro atoms. The molecule has 1 aromatic carbocycles. The summed E-state index contributed by atoms with van der Waals surface area (Å²) in [5.74, 6) is 0.681. The molecule has 1 aliphatic heterocycles. The van der Waals surface area contributed by atoms with Crippen molar-refractivity contribution >= 4 is 5.69 Å². The van der Waals surface area contributed by atoms with E-state index in [-0.39, 0.29) is 41.3 Å². The largest absolute Gasteiger partial charge is 0.662 e. The molecule has 73 valence electrons. The molecular formula is C11H15N2Pr-. The summed E-state index contributed by atoms with van der Waals surface area (Å²) in [6.07, 6.45) is 2.37. The number of nitrogen functional groups attached to an aromatic ring is 1. The summed E-state index contributed by atoms with van der Waals surface area (Å²) in [6.45, 7) is 2.03. The maximum Gasteiger partial charge on any atom is 0.0316 e. The van der Waals surface area contributed by atoms with Crippen LogP contribution in [0, 0.1) is 41.3 Å². The minimum absolute atomic E-state index is 0. The Morgan fingerprint density at radius 3 is 2.57 bits per heavy atom. The van der Waals surface area contributed by atoms with Gasteiger partial charge in [0.15, 0.2) is 0 Å². The van der Waals surface area contributed by atoms with Gasteiger partial charge in [0.2, 0.25) is 0 Å². The van der Waals surface area contributed by atoms with Gasteiger partial charge in [-0.2, -0.15) is 0 Å². The zero-order valence-electron chi connectivity index (χ0n) is 8.32. The summed E-state index contributed by atoms with van der Waals surface area (Å²) in [5, 5.41) is 4.34. The zero-order chi connectivity index (χ0) is 9.10. The fourth-order valence-electron chi connectivity index (χ4n) is 1.90. The molecule has 0 unspecified atom stereocenters. The summed E-state index contributed by atoms with van der Waals surface area (Å²) in [4.78, 5) is 0. The van der Waals surface area contributed by atoms with Crippen LogP contribution in [0.25, 0.3) is 5.32 Å². The third kappa shape index (κ3) is 3.18. The summed E-state index contributed by atoms with van der Waals surface area (Å²) >= 11 is 0. The molecule has 1 fully saturated rings. The molecule has 0 saturated carbocycles. The van der Waals surface area contributed by atoms with Gasteiger partial charge in [-0.1, -0.05) is 25.0 Å². The van der Waals surface area contributed by atoms with Crippen molar-refractivity contribution in [1.29, 1.82) is 0 Å². The van der Waals surface area contributed by atoms with Crippen LogP contribution < -0.4 is 5.73 Å². The molecule has 1 aromatic rings. The van der Waals surface area contributed by atoms with Gasteiger partial charge in [-0.15, -0.1) is 13.1 Å². The molecule has 3 heteroatoms. The Balaban J connectivity index is 0.000000980. The topological polar surface area (TPSA) is 40.1 Å². The Morgan fingerprint density at radius 2 is 1.93 bits per heavy atom. The van der Waals surface area contributed by atoms with Crippen LogP contribution >= 0.6 is 0 Å². The van der Waals surface area contributed by atoms with Crippen LogP contribution in [0.5, 0.6) is 0 Å².